The Balaban J connectivity index is 2.38. The van der Waals surface area contributed by atoms with Gasteiger partial charge in [-0.15, -0.1) is 0 Å². The summed E-state index contributed by atoms with van der Waals surface area (Å²) in [5.74, 6) is 2.31. The summed E-state index contributed by atoms with van der Waals surface area (Å²) in [5, 5.41) is 0. The number of ether oxygens (including phenoxy) is 2. The molecule has 0 unspecified atom stereocenters. The second-order valence-corrected chi connectivity index (χ2v) is 5.49. The van der Waals surface area contributed by atoms with Gasteiger partial charge in [0.25, 0.3) is 0 Å². The summed E-state index contributed by atoms with van der Waals surface area (Å²) in [4.78, 5) is 8.06. The van der Waals surface area contributed by atoms with Crippen LogP contribution in [0.15, 0.2) is 30.6 Å². The highest BCUT2D eigenvalue weighted by Gasteiger charge is 2.20. The lowest BCUT2D eigenvalue weighted by molar-refractivity contribution is 0.405. The van der Waals surface area contributed by atoms with Crippen LogP contribution in [0.2, 0.25) is 0 Å². The van der Waals surface area contributed by atoms with Crippen molar-refractivity contribution in [3.63, 3.8) is 0 Å². The second-order valence-electron chi connectivity index (χ2n) is 5.49. The molecule has 0 saturated heterocycles. The number of hydrogen-bond acceptors (Lipinski definition) is 5. The molecular weight excluding hydrogens is 254 g/mol. The lowest BCUT2D eigenvalue weighted by atomic mass is 9.86. The van der Waals surface area contributed by atoms with E-state index >= 15 is 0 Å². The van der Waals surface area contributed by atoms with E-state index in [2.05, 4.69) is 30.7 Å². The standard InChI is InChI=1S/C15H19N3O2/c1-15(2,3)11-7-10(19-4)5-6-12(11)20-14-9-17-13(16)8-18-14/h5-9H,1-4H3,(H2,16,17). The van der Waals surface area contributed by atoms with Crippen molar-refractivity contribution in [2.45, 2.75) is 26.2 Å². The Morgan fingerprint density at radius 2 is 1.85 bits per heavy atom. The zero-order valence-corrected chi connectivity index (χ0v) is 12.2. The fraction of sp³-hybridized carbons (Fsp3) is 0.333. The van der Waals surface area contributed by atoms with Gasteiger partial charge in [0.05, 0.1) is 19.5 Å². The third-order valence-electron chi connectivity index (χ3n) is 2.86. The lowest BCUT2D eigenvalue weighted by Crippen LogP contribution is -2.13. The summed E-state index contributed by atoms with van der Waals surface area (Å²) >= 11 is 0. The summed E-state index contributed by atoms with van der Waals surface area (Å²) in [7, 11) is 1.65. The number of benzene rings is 1. The molecule has 0 fully saturated rings. The highest BCUT2D eigenvalue weighted by atomic mass is 16.5. The summed E-state index contributed by atoms with van der Waals surface area (Å²) < 4.78 is 11.1. The Hall–Kier alpha value is -2.30. The molecule has 0 amide bonds. The van der Waals surface area contributed by atoms with E-state index in [1.54, 1.807) is 7.11 Å². The minimum Gasteiger partial charge on any atom is -0.497 e. The zero-order chi connectivity index (χ0) is 14.8. The Kier molecular flexibility index (Phi) is 3.79. The van der Waals surface area contributed by atoms with Gasteiger partial charge in [-0.05, 0) is 23.6 Å². The molecule has 0 bridgehead atoms. The molecule has 0 aliphatic rings. The van der Waals surface area contributed by atoms with Crippen LogP contribution < -0.4 is 15.2 Å². The quantitative estimate of drug-likeness (QED) is 0.930. The maximum atomic E-state index is 5.81. The van der Waals surface area contributed by atoms with E-state index in [1.807, 2.05) is 18.2 Å². The van der Waals surface area contributed by atoms with Crippen LogP contribution in [-0.2, 0) is 5.41 Å². The number of nitrogens with zero attached hydrogens (tertiary/aromatic N) is 2. The van der Waals surface area contributed by atoms with E-state index in [1.165, 1.54) is 12.4 Å². The van der Waals surface area contributed by atoms with Gasteiger partial charge in [-0.2, -0.15) is 0 Å². The Bertz CT molecular complexity index is 589. The van der Waals surface area contributed by atoms with Gasteiger partial charge in [-0.1, -0.05) is 20.8 Å². The van der Waals surface area contributed by atoms with Crippen molar-refractivity contribution in [3.8, 4) is 17.4 Å². The number of nitrogen functional groups attached to an aromatic ring is 1. The van der Waals surface area contributed by atoms with Crippen LogP contribution in [0.1, 0.15) is 26.3 Å². The summed E-state index contributed by atoms with van der Waals surface area (Å²) in [6.07, 6.45) is 2.97. The van der Waals surface area contributed by atoms with E-state index in [0.717, 1.165) is 17.1 Å². The van der Waals surface area contributed by atoms with Crippen LogP contribution in [0, 0.1) is 0 Å². The zero-order valence-electron chi connectivity index (χ0n) is 12.2. The molecule has 0 spiro atoms. The van der Waals surface area contributed by atoms with E-state index < -0.39 is 0 Å². The highest BCUT2D eigenvalue weighted by Crippen LogP contribution is 2.36. The van der Waals surface area contributed by atoms with E-state index in [4.69, 9.17) is 15.2 Å². The normalized spacial score (nSPS) is 11.2. The monoisotopic (exact) mass is 273 g/mol. The van der Waals surface area contributed by atoms with Crippen LogP contribution in [-0.4, -0.2) is 17.1 Å². The van der Waals surface area contributed by atoms with Crippen LogP contribution in [0.4, 0.5) is 5.82 Å². The average Bonchev–Trinajstić information content (AvgIpc) is 2.40. The first kappa shape index (κ1) is 14.1. The largest absolute Gasteiger partial charge is 0.497 e. The Morgan fingerprint density at radius 3 is 2.40 bits per heavy atom. The van der Waals surface area contributed by atoms with Crippen molar-refractivity contribution in [1.82, 2.24) is 9.97 Å². The van der Waals surface area contributed by atoms with Crippen LogP contribution >= 0.6 is 0 Å². The van der Waals surface area contributed by atoms with E-state index in [-0.39, 0.29) is 5.41 Å². The molecule has 5 heteroatoms. The molecule has 0 aliphatic heterocycles. The van der Waals surface area contributed by atoms with Gasteiger partial charge >= 0.3 is 0 Å². The molecule has 1 aromatic carbocycles. The van der Waals surface area contributed by atoms with Gasteiger partial charge in [0.1, 0.15) is 17.3 Å². The average molecular weight is 273 g/mol. The van der Waals surface area contributed by atoms with Crippen molar-refractivity contribution in [1.29, 1.82) is 0 Å². The number of anilines is 1. The van der Waals surface area contributed by atoms with Crippen molar-refractivity contribution in [2.24, 2.45) is 0 Å². The lowest BCUT2D eigenvalue weighted by Gasteiger charge is -2.23. The van der Waals surface area contributed by atoms with Crippen molar-refractivity contribution >= 4 is 5.82 Å². The number of aromatic nitrogens is 2. The first-order valence-corrected chi connectivity index (χ1v) is 6.34. The van der Waals surface area contributed by atoms with Gasteiger partial charge in [0, 0.05) is 5.56 Å². The van der Waals surface area contributed by atoms with Gasteiger partial charge in [0.2, 0.25) is 5.88 Å². The molecule has 20 heavy (non-hydrogen) atoms. The number of nitrogens with two attached hydrogens (primary N) is 1. The smallest absolute Gasteiger partial charge is 0.237 e. The minimum absolute atomic E-state index is 0.0783. The molecule has 2 aromatic rings. The first-order chi connectivity index (χ1) is 9.40. The predicted molar refractivity (Wildman–Crippen MR) is 78.2 cm³/mol. The van der Waals surface area contributed by atoms with Crippen molar-refractivity contribution in [2.75, 3.05) is 12.8 Å². The maximum absolute atomic E-state index is 5.81. The van der Waals surface area contributed by atoms with Crippen LogP contribution in [0.3, 0.4) is 0 Å². The van der Waals surface area contributed by atoms with Crippen LogP contribution in [0.5, 0.6) is 17.4 Å². The predicted octanol–water partition coefficient (Wildman–Crippen LogP) is 3.16. The summed E-state index contributed by atoms with van der Waals surface area (Å²) in [5.41, 5.74) is 6.47. The number of rotatable bonds is 3. The number of methoxy groups -OCH3 is 1. The first-order valence-electron chi connectivity index (χ1n) is 6.34. The molecule has 0 saturated carbocycles. The molecule has 106 valence electrons. The number of hydrogen-bond donors (Lipinski definition) is 1. The van der Waals surface area contributed by atoms with Gasteiger partial charge in [-0.3, -0.25) is 0 Å². The van der Waals surface area contributed by atoms with Crippen molar-refractivity contribution in [3.05, 3.63) is 36.2 Å². The molecular formula is C15H19N3O2. The molecule has 1 heterocycles. The Morgan fingerprint density at radius 1 is 1.10 bits per heavy atom. The van der Waals surface area contributed by atoms with Gasteiger partial charge in [-0.25, -0.2) is 9.97 Å². The summed E-state index contributed by atoms with van der Waals surface area (Å²) in [6.45, 7) is 6.34. The molecule has 5 nitrogen and oxygen atoms in total. The molecule has 2 rings (SSSR count). The van der Waals surface area contributed by atoms with E-state index in [9.17, 15) is 0 Å². The van der Waals surface area contributed by atoms with E-state index in [0.29, 0.717) is 11.7 Å². The third-order valence-corrected chi connectivity index (χ3v) is 2.86. The fourth-order valence-electron chi connectivity index (χ4n) is 1.80. The molecule has 0 atom stereocenters. The topological polar surface area (TPSA) is 70.3 Å². The SMILES string of the molecule is COc1ccc(Oc2cnc(N)cn2)c(C(C)(C)C)c1. The molecule has 1 aromatic heterocycles. The third kappa shape index (κ3) is 3.17. The molecule has 2 N–H and O–H groups in total. The van der Waals surface area contributed by atoms with Crippen molar-refractivity contribution < 1.29 is 9.47 Å². The minimum atomic E-state index is -0.0783. The highest BCUT2D eigenvalue weighted by molar-refractivity contribution is 5.45. The second kappa shape index (κ2) is 5.36. The fourth-order valence-corrected chi connectivity index (χ4v) is 1.80. The molecule has 0 radical (unpaired) electrons. The van der Waals surface area contributed by atoms with Gasteiger partial charge < -0.3 is 15.2 Å². The maximum Gasteiger partial charge on any atom is 0.237 e. The van der Waals surface area contributed by atoms with Crippen LogP contribution in [0.25, 0.3) is 0 Å². The Labute approximate surface area is 118 Å². The molecule has 0 aliphatic carbocycles. The summed E-state index contributed by atoms with van der Waals surface area (Å²) in [6, 6.07) is 5.70. The van der Waals surface area contributed by atoms with Gasteiger partial charge in [0.15, 0.2) is 0 Å².